The second kappa shape index (κ2) is 7.75. The molecule has 0 saturated carbocycles. The number of hydrogen-bond donors (Lipinski definition) is 3. The molecule has 2 aliphatic rings. The number of rotatable bonds is 5. The predicted molar refractivity (Wildman–Crippen MR) is 94.7 cm³/mol. The standard InChI is InChI=1S/C18H22N4O5/c1-27-10-9-19-16(25)20-14(23)11-22-15(24)18(21-17(22)26)8-4-6-12-5-2-3-7-13(12)18/h2-3,5,7H,4,6,8-11H2,1H3,(H,21,26)(H2,19,20,23,25). The van der Waals surface area contributed by atoms with Gasteiger partial charge in [-0.05, 0) is 30.4 Å². The lowest BCUT2D eigenvalue weighted by molar-refractivity contribution is -0.135. The van der Waals surface area contributed by atoms with Crippen LogP contribution in [0.4, 0.5) is 9.59 Å². The summed E-state index contributed by atoms with van der Waals surface area (Å²) in [6.07, 6.45) is 2.07. The molecule has 3 N–H and O–H groups in total. The number of imide groups is 2. The summed E-state index contributed by atoms with van der Waals surface area (Å²) in [5.41, 5.74) is 0.656. The van der Waals surface area contributed by atoms with Crippen molar-refractivity contribution >= 4 is 23.9 Å². The van der Waals surface area contributed by atoms with Crippen molar-refractivity contribution in [2.75, 3.05) is 26.8 Å². The van der Waals surface area contributed by atoms with Gasteiger partial charge in [0.1, 0.15) is 12.1 Å². The van der Waals surface area contributed by atoms with Gasteiger partial charge in [-0.3, -0.25) is 19.8 Å². The minimum atomic E-state index is -1.13. The summed E-state index contributed by atoms with van der Waals surface area (Å²) >= 11 is 0. The van der Waals surface area contributed by atoms with E-state index in [0.717, 1.165) is 28.9 Å². The van der Waals surface area contributed by atoms with Crippen LogP contribution in [0.15, 0.2) is 24.3 Å². The van der Waals surface area contributed by atoms with Gasteiger partial charge in [-0.2, -0.15) is 0 Å². The SMILES string of the molecule is COCCNC(=O)NC(=O)CN1C(=O)NC2(CCCc3ccccc32)C1=O. The number of nitrogens with one attached hydrogen (secondary N) is 3. The third-order valence-corrected chi connectivity index (χ3v) is 4.80. The Balaban J connectivity index is 1.69. The minimum absolute atomic E-state index is 0.235. The number of ether oxygens (including phenoxy) is 1. The fourth-order valence-corrected chi connectivity index (χ4v) is 3.58. The van der Waals surface area contributed by atoms with Crippen molar-refractivity contribution in [2.24, 2.45) is 0 Å². The third-order valence-electron chi connectivity index (χ3n) is 4.80. The molecule has 1 aliphatic carbocycles. The Kier molecular flexibility index (Phi) is 5.41. The zero-order valence-corrected chi connectivity index (χ0v) is 15.0. The molecule has 27 heavy (non-hydrogen) atoms. The highest BCUT2D eigenvalue weighted by Crippen LogP contribution is 2.39. The van der Waals surface area contributed by atoms with E-state index >= 15 is 0 Å². The molecule has 1 saturated heterocycles. The molecule has 9 nitrogen and oxygen atoms in total. The molecule has 0 radical (unpaired) electrons. The van der Waals surface area contributed by atoms with Crippen LogP contribution in [0.1, 0.15) is 24.0 Å². The fraction of sp³-hybridized carbons (Fsp3) is 0.444. The normalized spacial score (nSPS) is 21.0. The molecule has 1 fully saturated rings. The van der Waals surface area contributed by atoms with Gasteiger partial charge in [0.25, 0.3) is 5.91 Å². The number of aryl methyl sites for hydroxylation is 1. The van der Waals surface area contributed by atoms with E-state index < -0.39 is 36.0 Å². The maximum absolute atomic E-state index is 13.0. The van der Waals surface area contributed by atoms with Crippen molar-refractivity contribution in [3.05, 3.63) is 35.4 Å². The Bertz CT molecular complexity index is 781. The van der Waals surface area contributed by atoms with E-state index in [9.17, 15) is 19.2 Å². The van der Waals surface area contributed by atoms with Crippen LogP contribution in [0, 0.1) is 0 Å². The van der Waals surface area contributed by atoms with Crippen molar-refractivity contribution in [3.8, 4) is 0 Å². The molecule has 1 aromatic carbocycles. The molecule has 9 heteroatoms. The molecular weight excluding hydrogens is 352 g/mol. The van der Waals surface area contributed by atoms with Crippen LogP contribution in [0.5, 0.6) is 0 Å². The van der Waals surface area contributed by atoms with Crippen molar-refractivity contribution in [1.82, 2.24) is 20.9 Å². The van der Waals surface area contributed by atoms with Gasteiger partial charge in [-0.1, -0.05) is 24.3 Å². The summed E-state index contributed by atoms with van der Waals surface area (Å²) in [7, 11) is 1.49. The van der Waals surface area contributed by atoms with Crippen LogP contribution < -0.4 is 16.0 Å². The maximum Gasteiger partial charge on any atom is 0.325 e. The number of fused-ring (bicyclic) bond motifs is 2. The number of carbonyl (C=O) groups excluding carboxylic acids is 4. The minimum Gasteiger partial charge on any atom is -0.383 e. The van der Waals surface area contributed by atoms with E-state index in [1.54, 1.807) is 0 Å². The van der Waals surface area contributed by atoms with Crippen LogP contribution in [0.3, 0.4) is 0 Å². The lowest BCUT2D eigenvalue weighted by atomic mass is 9.76. The smallest absolute Gasteiger partial charge is 0.325 e. The van der Waals surface area contributed by atoms with Crippen LogP contribution in [0.25, 0.3) is 0 Å². The van der Waals surface area contributed by atoms with Gasteiger partial charge in [0.05, 0.1) is 6.61 Å². The first-order valence-corrected chi connectivity index (χ1v) is 8.77. The van der Waals surface area contributed by atoms with Gasteiger partial charge >= 0.3 is 12.1 Å². The molecule has 1 aliphatic heterocycles. The quantitative estimate of drug-likeness (QED) is 0.504. The first-order valence-electron chi connectivity index (χ1n) is 8.77. The number of amides is 6. The molecule has 3 rings (SSSR count). The largest absolute Gasteiger partial charge is 0.383 e. The molecule has 1 aromatic rings. The van der Waals surface area contributed by atoms with Crippen LogP contribution >= 0.6 is 0 Å². The lowest BCUT2D eigenvalue weighted by Crippen LogP contribution is -2.48. The number of urea groups is 2. The number of benzene rings is 1. The van der Waals surface area contributed by atoms with Crippen LogP contribution in [0.2, 0.25) is 0 Å². The fourth-order valence-electron chi connectivity index (χ4n) is 3.58. The van der Waals surface area contributed by atoms with E-state index in [0.29, 0.717) is 13.0 Å². The highest BCUT2D eigenvalue weighted by Gasteiger charge is 2.54. The highest BCUT2D eigenvalue weighted by atomic mass is 16.5. The van der Waals surface area contributed by atoms with E-state index in [1.807, 2.05) is 24.3 Å². The molecule has 1 heterocycles. The Morgan fingerprint density at radius 2 is 2.07 bits per heavy atom. The second-order valence-electron chi connectivity index (χ2n) is 6.53. The van der Waals surface area contributed by atoms with Crippen LogP contribution in [-0.2, 0) is 26.3 Å². The Morgan fingerprint density at radius 3 is 2.85 bits per heavy atom. The van der Waals surface area contributed by atoms with Crippen molar-refractivity contribution in [3.63, 3.8) is 0 Å². The van der Waals surface area contributed by atoms with Gasteiger partial charge in [-0.25, -0.2) is 9.59 Å². The van der Waals surface area contributed by atoms with E-state index in [4.69, 9.17) is 4.74 Å². The van der Waals surface area contributed by atoms with E-state index in [1.165, 1.54) is 7.11 Å². The van der Waals surface area contributed by atoms with Crippen LogP contribution in [-0.4, -0.2) is 55.6 Å². The average molecular weight is 374 g/mol. The average Bonchev–Trinajstić information content (AvgIpc) is 2.87. The van der Waals surface area contributed by atoms with Gasteiger partial charge < -0.3 is 15.4 Å². The van der Waals surface area contributed by atoms with E-state index in [2.05, 4.69) is 16.0 Å². The zero-order chi connectivity index (χ0) is 19.4. The number of methoxy groups -OCH3 is 1. The highest BCUT2D eigenvalue weighted by molar-refractivity contribution is 6.10. The maximum atomic E-state index is 13.0. The van der Waals surface area contributed by atoms with E-state index in [-0.39, 0.29) is 6.54 Å². The lowest BCUT2D eigenvalue weighted by Gasteiger charge is -2.33. The third kappa shape index (κ3) is 3.63. The molecule has 1 spiro atoms. The number of nitrogens with zero attached hydrogens (tertiary/aromatic N) is 1. The molecule has 144 valence electrons. The van der Waals surface area contributed by atoms with Crippen molar-refractivity contribution < 1.29 is 23.9 Å². The van der Waals surface area contributed by atoms with Gasteiger partial charge in [0.2, 0.25) is 5.91 Å². The molecule has 1 unspecified atom stereocenters. The Labute approximate surface area is 156 Å². The molecular formula is C18H22N4O5. The molecule has 6 amide bonds. The summed E-state index contributed by atoms with van der Waals surface area (Å²) in [5.74, 6) is -1.20. The first kappa shape index (κ1) is 18.8. The summed E-state index contributed by atoms with van der Waals surface area (Å²) in [6.45, 7) is 0.0154. The predicted octanol–water partition coefficient (Wildman–Crippen LogP) is 0.242. The summed E-state index contributed by atoms with van der Waals surface area (Å²) in [6, 6.07) is 6.15. The number of hydrogen-bond acceptors (Lipinski definition) is 5. The van der Waals surface area contributed by atoms with Crippen molar-refractivity contribution in [1.29, 1.82) is 0 Å². The van der Waals surface area contributed by atoms with Gasteiger partial charge in [-0.15, -0.1) is 0 Å². The van der Waals surface area contributed by atoms with Crippen molar-refractivity contribution in [2.45, 2.75) is 24.8 Å². The monoisotopic (exact) mass is 374 g/mol. The molecule has 0 bridgehead atoms. The summed E-state index contributed by atoms with van der Waals surface area (Å²) in [4.78, 5) is 50.0. The van der Waals surface area contributed by atoms with Gasteiger partial charge in [0, 0.05) is 13.7 Å². The Hall–Kier alpha value is -2.94. The Morgan fingerprint density at radius 1 is 1.30 bits per heavy atom. The van der Waals surface area contributed by atoms with Gasteiger partial charge in [0.15, 0.2) is 0 Å². The number of carbonyl (C=O) groups is 4. The second-order valence-corrected chi connectivity index (χ2v) is 6.53. The molecule has 0 aromatic heterocycles. The summed E-state index contributed by atoms with van der Waals surface area (Å²) in [5, 5.41) is 7.30. The topological polar surface area (TPSA) is 117 Å². The molecule has 1 atom stereocenters. The first-order chi connectivity index (χ1) is 13.0. The zero-order valence-electron chi connectivity index (χ0n) is 15.0. The summed E-state index contributed by atoms with van der Waals surface area (Å²) < 4.78 is 4.79.